The van der Waals surface area contributed by atoms with E-state index in [4.69, 9.17) is 44.3 Å². The number of amides is 1. The first-order valence-electron chi connectivity index (χ1n) is 9.97. The van der Waals surface area contributed by atoms with Crippen LogP contribution in [0.5, 0.6) is 5.75 Å². The molecule has 1 amide bonds. The molecule has 0 radical (unpaired) electrons. The summed E-state index contributed by atoms with van der Waals surface area (Å²) in [5, 5.41) is 5.51. The molecule has 6 nitrogen and oxygen atoms in total. The van der Waals surface area contributed by atoms with Gasteiger partial charge in [0.25, 0.3) is 0 Å². The monoisotopic (exact) mass is 517 g/mol. The third-order valence-electron chi connectivity index (χ3n) is 3.64. The molecule has 33 heavy (non-hydrogen) atoms. The van der Waals surface area contributed by atoms with Crippen molar-refractivity contribution in [3.63, 3.8) is 0 Å². The number of rotatable bonds is 7. The number of hydrogen-bond donors (Lipinski definition) is 2. The van der Waals surface area contributed by atoms with Crippen molar-refractivity contribution in [2.75, 3.05) is 24.4 Å². The summed E-state index contributed by atoms with van der Waals surface area (Å²) in [4.78, 5) is 15.9. The van der Waals surface area contributed by atoms with Gasteiger partial charge in [0.2, 0.25) is 3.79 Å². The molecule has 0 fully saturated rings. The molecule has 10 heteroatoms. The molecule has 0 saturated heterocycles. The number of hydrogen-bond acceptors (Lipinski definition) is 5. The fourth-order valence-corrected chi connectivity index (χ4v) is 2.56. The number of carbonyl (C=O) groups is 1. The molecule has 0 aliphatic heterocycles. The molecule has 0 heterocycles. The summed E-state index contributed by atoms with van der Waals surface area (Å²) in [6.07, 6.45) is 2.03. The van der Waals surface area contributed by atoms with Crippen molar-refractivity contribution in [1.82, 2.24) is 0 Å². The molecular formula is C23H27Cl3FN3O3. The molecule has 0 bridgehead atoms. The number of carbonyl (C=O) groups excluding carboxylic acids is 1. The van der Waals surface area contributed by atoms with E-state index in [-0.39, 0.29) is 12.2 Å². The molecular weight excluding hydrogens is 492 g/mol. The summed E-state index contributed by atoms with van der Waals surface area (Å²) >= 11 is 16.6. The highest BCUT2D eigenvalue weighted by Crippen LogP contribution is 2.33. The van der Waals surface area contributed by atoms with Gasteiger partial charge in [-0.1, -0.05) is 61.7 Å². The Bertz CT molecular complexity index is 962. The molecule has 2 rings (SSSR count). The van der Waals surface area contributed by atoms with E-state index in [9.17, 15) is 9.18 Å². The van der Waals surface area contributed by atoms with E-state index < -0.39 is 15.7 Å². The summed E-state index contributed by atoms with van der Waals surface area (Å²) < 4.78 is 22.8. The molecule has 2 aromatic rings. The average Bonchev–Trinajstić information content (AvgIpc) is 2.73. The van der Waals surface area contributed by atoms with Crippen molar-refractivity contribution in [2.45, 2.75) is 31.0 Å². The normalized spacial score (nSPS) is 10.8. The third-order valence-corrected chi connectivity index (χ3v) is 3.97. The van der Waals surface area contributed by atoms with E-state index in [2.05, 4.69) is 36.1 Å². The first-order valence-corrected chi connectivity index (χ1v) is 11.1. The van der Waals surface area contributed by atoms with Crippen LogP contribution in [0.2, 0.25) is 0 Å². The van der Waals surface area contributed by atoms with Gasteiger partial charge in [-0.25, -0.2) is 9.18 Å². The van der Waals surface area contributed by atoms with E-state index in [1.54, 1.807) is 43.5 Å². The number of nitrogens with one attached hydrogen (secondary N) is 2. The predicted molar refractivity (Wildman–Crippen MR) is 137 cm³/mol. The number of halogens is 4. The summed E-state index contributed by atoms with van der Waals surface area (Å²) in [7, 11) is 1.45. The fourth-order valence-electron chi connectivity index (χ4n) is 2.40. The Morgan fingerprint density at radius 3 is 2.18 bits per heavy atom. The van der Waals surface area contributed by atoms with E-state index in [1.807, 2.05) is 0 Å². The standard InChI is InChI=1S/C20H19Cl3FN3O3.C3H8/c1-4-25-17-10-15(29-3)9-16(24)18(17)12(2)26-13-5-7-14(8-6-13)27-19(28)30-11-20(21,22)23;1-3-2/h4-10,26H,2,11H2,1,3H3,(H,27,28);3H2,1-2H3. The minimum atomic E-state index is -1.69. The second-order valence-electron chi connectivity index (χ2n) is 6.59. The smallest absolute Gasteiger partial charge is 0.411 e. The highest BCUT2D eigenvalue weighted by Gasteiger charge is 2.22. The number of methoxy groups -OCH3 is 1. The van der Waals surface area contributed by atoms with Crippen LogP contribution in [0, 0.1) is 5.82 Å². The van der Waals surface area contributed by atoms with Crippen LogP contribution in [0.3, 0.4) is 0 Å². The zero-order valence-corrected chi connectivity index (χ0v) is 21.1. The number of anilines is 2. The molecule has 0 unspecified atom stereocenters. The molecule has 2 N–H and O–H groups in total. The lowest BCUT2D eigenvalue weighted by atomic mass is 10.1. The Kier molecular flexibility index (Phi) is 12.1. The van der Waals surface area contributed by atoms with Crippen LogP contribution in [-0.2, 0) is 4.74 Å². The molecule has 0 aromatic heterocycles. The first kappa shape index (κ1) is 28.6. The van der Waals surface area contributed by atoms with Gasteiger partial charge in [-0.05, 0) is 31.2 Å². The lowest BCUT2D eigenvalue weighted by molar-refractivity contribution is 0.164. The van der Waals surface area contributed by atoms with Crippen molar-refractivity contribution < 1.29 is 18.7 Å². The molecule has 2 aromatic carbocycles. The van der Waals surface area contributed by atoms with Gasteiger partial charge in [-0.2, -0.15) is 0 Å². The van der Waals surface area contributed by atoms with E-state index in [1.165, 1.54) is 19.6 Å². The number of ether oxygens (including phenoxy) is 2. The van der Waals surface area contributed by atoms with Gasteiger partial charge in [0.1, 0.15) is 18.2 Å². The van der Waals surface area contributed by atoms with E-state index >= 15 is 0 Å². The highest BCUT2D eigenvalue weighted by molar-refractivity contribution is 6.67. The maximum Gasteiger partial charge on any atom is 0.411 e. The van der Waals surface area contributed by atoms with Gasteiger partial charge < -0.3 is 14.8 Å². The Balaban J connectivity index is 0.00000172. The van der Waals surface area contributed by atoms with Crippen LogP contribution in [0.1, 0.15) is 32.8 Å². The third kappa shape index (κ3) is 10.3. The molecule has 0 saturated carbocycles. The zero-order chi connectivity index (χ0) is 25.0. The van der Waals surface area contributed by atoms with Gasteiger partial charge in [0, 0.05) is 35.4 Å². The second-order valence-corrected chi connectivity index (χ2v) is 9.11. The Morgan fingerprint density at radius 1 is 1.15 bits per heavy atom. The molecule has 0 aliphatic carbocycles. The quantitative estimate of drug-likeness (QED) is 0.288. The lowest BCUT2D eigenvalue weighted by Gasteiger charge is -2.15. The van der Waals surface area contributed by atoms with Gasteiger partial charge in [-0.15, -0.1) is 0 Å². The van der Waals surface area contributed by atoms with Crippen molar-refractivity contribution in [3.05, 3.63) is 54.4 Å². The average molecular weight is 519 g/mol. The van der Waals surface area contributed by atoms with E-state index in [0.29, 0.717) is 28.5 Å². The van der Waals surface area contributed by atoms with Gasteiger partial charge >= 0.3 is 6.09 Å². The van der Waals surface area contributed by atoms with Crippen LogP contribution in [0.25, 0.3) is 5.70 Å². The number of aliphatic imine (C=N–C) groups is 1. The van der Waals surface area contributed by atoms with E-state index in [0.717, 1.165) is 0 Å². The van der Waals surface area contributed by atoms with Crippen LogP contribution in [0.15, 0.2) is 48.0 Å². The number of benzene rings is 2. The van der Waals surface area contributed by atoms with Crippen LogP contribution >= 0.6 is 34.8 Å². The molecule has 180 valence electrons. The lowest BCUT2D eigenvalue weighted by Crippen LogP contribution is -2.21. The maximum absolute atomic E-state index is 14.6. The minimum Gasteiger partial charge on any atom is -0.497 e. The van der Waals surface area contributed by atoms with Crippen LogP contribution < -0.4 is 15.4 Å². The van der Waals surface area contributed by atoms with Crippen LogP contribution in [0.4, 0.5) is 26.2 Å². The minimum absolute atomic E-state index is 0.214. The first-order chi connectivity index (χ1) is 15.5. The fraction of sp³-hybridized carbons (Fsp3) is 0.304. The maximum atomic E-state index is 14.6. The predicted octanol–water partition coefficient (Wildman–Crippen LogP) is 7.97. The summed E-state index contributed by atoms with van der Waals surface area (Å²) in [5.74, 6) is -0.177. The molecule has 0 aliphatic rings. The number of nitrogens with zero attached hydrogens (tertiary/aromatic N) is 1. The van der Waals surface area contributed by atoms with Gasteiger partial charge in [0.15, 0.2) is 0 Å². The van der Waals surface area contributed by atoms with Gasteiger partial charge in [-0.3, -0.25) is 10.3 Å². The topological polar surface area (TPSA) is 72.0 Å². The van der Waals surface area contributed by atoms with Crippen molar-refractivity contribution in [3.8, 4) is 5.75 Å². The molecule has 0 atom stereocenters. The highest BCUT2D eigenvalue weighted by atomic mass is 35.6. The SMILES string of the molecule is C=C(Nc1ccc(NC(=O)OCC(Cl)(Cl)Cl)cc1)c1c(F)cc(OC)cc1N=CC.CCC. The zero-order valence-electron chi connectivity index (χ0n) is 18.8. The van der Waals surface area contributed by atoms with Crippen molar-refractivity contribution in [2.24, 2.45) is 4.99 Å². The Morgan fingerprint density at radius 2 is 1.70 bits per heavy atom. The van der Waals surface area contributed by atoms with Crippen molar-refractivity contribution in [1.29, 1.82) is 0 Å². The Labute approximate surface area is 208 Å². The van der Waals surface area contributed by atoms with Crippen LogP contribution in [-0.4, -0.2) is 29.8 Å². The summed E-state index contributed by atoms with van der Waals surface area (Å²) in [6, 6.07) is 9.43. The second kappa shape index (κ2) is 13.9. The number of alkyl halides is 3. The van der Waals surface area contributed by atoms with Crippen molar-refractivity contribution >= 4 is 69.9 Å². The Hall–Kier alpha value is -2.48. The largest absolute Gasteiger partial charge is 0.497 e. The molecule has 0 spiro atoms. The summed E-state index contributed by atoms with van der Waals surface area (Å²) in [5.41, 5.74) is 1.96. The summed E-state index contributed by atoms with van der Waals surface area (Å²) in [6.45, 7) is 9.49. The van der Waals surface area contributed by atoms with Gasteiger partial charge in [0.05, 0.1) is 18.4 Å².